The van der Waals surface area contributed by atoms with Gasteiger partial charge in [0, 0.05) is 11.6 Å². The molecule has 0 saturated heterocycles. The molecule has 0 atom stereocenters. The van der Waals surface area contributed by atoms with Crippen LogP contribution in [0.4, 0.5) is 22.0 Å². The lowest BCUT2D eigenvalue weighted by atomic mass is 10.1. The number of carbonyl (C=O) groups excluding carboxylic acids is 1. The maximum absolute atomic E-state index is 12.6. The van der Waals surface area contributed by atoms with Crippen LogP contribution in [-0.2, 0) is 4.79 Å². The Bertz CT molecular complexity index is 462. The molecule has 1 aromatic rings. The standard InChI is InChI=1S/C11H7F5O2/c12-10(13,11(14,15)16)9(18)6-8(17)7-4-2-1-3-5-7/h1-6,17H/b8-6-. The van der Waals surface area contributed by atoms with Crippen LogP contribution >= 0.6 is 0 Å². The molecule has 0 aliphatic rings. The summed E-state index contributed by atoms with van der Waals surface area (Å²) in [6.07, 6.45) is -6.12. The zero-order chi connectivity index (χ0) is 14.0. The van der Waals surface area contributed by atoms with Gasteiger partial charge in [-0.25, -0.2) is 0 Å². The lowest BCUT2D eigenvalue weighted by molar-refractivity contribution is -0.266. The third-order valence-electron chi connectivity index (χ3n) is 2.00. The number of alkyl halides is 5. The van der Waals surface area contributed by atoms with Gasteiger partial charge in [0.2, 0.25) is 5.78 Å². The van der Waals surface area contributed by atoms with Gasteiger partial charge in [0.05, 0.1) is 0 Å². The molecule has 0 aliphatic heterocycles. The summed E-state index contributed by atoms with van der Waals surface area (Å²) < 4.78 is 60.7. The predicted molar refractivity (Wildman–Crippen MR) is 53.1 cm³/mol. The van der Waals surface area contributed by atoms with Crippen LogP contribution in [0.25, 0.3) is 5.76 Å². The summed E-state index contributed by atoms with van der Waals surface area (Å²) in [5.74, 6) is -8.99. The fraction of sp³-hybridized carbons (Fsp3) is 0.182. The molecular weight excluding hydrogens is 259 g/mol. The Labute approximate surface area is 98.3 Å². The predicted octanol–water partition coefficient (Wildman–Crippen LogP) is 3.35. The second-order valence-electron chi connectivity index (χ2n) is 3.33. The van der Waals surface area contributed by atoms with Crippen LogP contribution in [0.5, 0.6) is 0 Å². The van der Waals surface area contributed by atoms with E-state index < -0.39 is 23.6 Å². The number of ketones is 1. The summed E-state index contributed by atoms with van der Waals surface area (Å²) >= 11 is 0. The third kappa shape index (κ3) is 2.85. The van der Waals surface area contributed by atoms with Crippen molar-refractivity contribution in [1.29, 1.82) is 0 Å². The summed E-state index contributed by atoms with van der Waals surface area (Å²) in [6.45, 7) is 0. The molecule has 0 spiro atoms. The maximum atomic E-state index is 12.6. The highest BCUT2D eigenvalue weighted by molar-refractivity contribution is 6.00. The number of hydrogen-bond acceptors (Lipinski definition) is 2. The van der Waals surface area contributed by atoms with Crippen LogP contribution in [-0.4, -0.2) is 23.0 Å². The molecule has 0 radical (unpaired) electrons. The number of hydrogen-bond donors (Lipinski definition) is 1. The number of halogens is 5. The van der Waals surface area contributed by atoms with Gasteiger partial charge in [-0.1, -0.05) is 30.3 Å². The van der Waals surface area contributed by atoms with Crippen LogP contribution < -0.4 is 0 Å². The molecule has 18 heavy (non-hydrogen) atoms. The fourth-order valence-corrected chi connectivity index (χ4v) is 1.05. The van der Waals surface area contributed by atoms with Gasteiger partial charge in [-0.2, -0.15) is 22.0 Å². The van der Waals surface area contributed by atoms with E-state index in [0.717, 1.165) is 0 Å². The molecule has 0 bridgehead atoms. The van der Waals surface area contributed by atoms with Crippen molar-refractivity contribution >= 4 is 11.5 Å². The van der Waals surface area contributed by atoms with Crippen molar-refractivity contribution in [3.05, 3.63) is 42.0 Å². The molecule has 1 aromatic carbocycles. The summed E-state index contributed by atoms with van der Waals surface area (Å²) in [7, 11) is 0. The van der Waals surface area contributed by atoms with Gasteiger partial charge in [0.1, 0.15) is 5.76 Å². The first kappa shape index (κ1) is 14.1. The van der Waals surface area contributed by atoms with Gasteiger partial charge in [-0.15, -0.1) is 0 Å². The third-order valence-corrected chi connectivity index (χ3v) is 2.00. The average molecular weight is 266 g/mol. The van der Waals surface area contributed by atoms with Crippen molar-refractivity contribution in [3.63, 3.8) is 0 Å². The van der Waals surface area contributed by atoms with Crippen LogP contribution in [0.3, 0.4) is 0 Å². The SMILES string of the molecule is O=C(/C=C(\O)c1ccccc1)C(F)(F)C(F)(F)F. The molecule has 0 heterocycles. The highest BCUT2D eigenvalue weighted by Gasteiger charge is 2.62. The van der Waals surface area contributed by atoms with Crippen LogP contribution in [0.2, 0.25) is 0 Å². The number of aliphatic hydroxyl groups excluding tert-OH is 1. The highest BCUT2D eigenvalue weighted by Crippen LogP contribution is 2.36. The van der Waals surface area contributed by atoms with Gasteiger partial charge in [0.15, 0.2) is 0 Å². The van der Waals surface area contributed by atoms with E-state index in [4.69, 9.17) is 0 Å². The molecule has 0 saturated carbocycles. The van der Waals surface area contributed by atoms with Crippen molar-refractivity contribution in [3.8, 4) is 0 Å². The number of rotatable bonds is 3. The smallest absolute Gasteiger partial charge is 0.461 e. The lowest BCUT2D eigenvalue weighted by Gasteiger charge is -2.16. The van der Waals surface area contributed by atoms with Crippen molar-refractivity contribution in [2.24, 2.45) is 0 Å². The second kappa shape index (κ2) is 4.75. The Morgan fingerprint density at radius 3 is 2.00 bits per heavy atom. The van der Waals surface area contributed by atoms with Crippen LogP contribution in [0.1, 0.15) is 5.56 Å². The monoisotopic (exact) mass is 266 g/mol. The van der Waals surface area contributed by atoms with Crippen LogP contribution in [0.15, 0.2) is 36.4 Å². The van der Waals surface area contributed by atoms with Gasteiger partial charge in [0.25, 0.3) is 0 Å². The Kier molecular flexibility index (Phi) is 3.73. The van der Waals surface area contributed by atoms with E-state index in [1.807, 2.05) is 0 Å². The van der Waals surface area contributed by atoms with E-state index >= 15 is 0 Å². The molecule has 1 N–H and O–H groups in total. The van der Waals surface area contributed by atoms with Crippen LogP contribution in [0, 0.1) is 0 Å². The molecule has 0 aromatic heterocycles. The van der Waals surface area contributed by atoms with Gasteiger partial charge < -0.3 is 5.11 Å². The second-order valence-corrected chi connectivity index (χ2v) is 3.33. The zero-order valence-electron chi connectivity index (χ0n) is 8.71. The molecule has 1 rings (SSSR count). The quantitative estimate of drug-likeness (QED) is 0.517. The van der Waals surface area contributed by atoms with E-state index in [1.54, 1.807) is 6.07 Å². The first-order valence-corrected chi connectivity index (χ1v) is 4.61. The summed E-state index contributed by atoms with van der Waals surface area (Å²) in [5, 5.41) is 9.26. The topological polar surface area (TPSA) is 37.3 Å². The molecule has 0 unspecified atom stereocenters. The molecular formula is C11H7F5O2. The Morgan fingerprint density at radius 1 is 1.06 bits per heavy atom. The van der Waals surface area contributed by atoms with Gasteiger partial charge in [-0.05, 0) is 0 Å². The molecule has 0 fully saturated rings. The zero-order valence-corrected chi connectivity index (χ0v) is 8.71. The van der Waals surface area contributed by atoms with E-state index in [0.29, 0.717) is 0 Å². The van der Waals surface area contributed by atoms with E-state index in [2.05, 4.69) is 0 Å². The largest absolute Gasteiger partial charge is 0.507 e. The Balaban J connectivity index is 3.01. The minimum atomic E-state index is -5.99. The number of carbonyl (C=O) groups is 1. The van der Waals surface area contributed by atoms with Crippen molar-refractivity contribution in [2.75, 3.05) is 0 Å². The van der Waals surface area contributed by atoms with Gasteiger partial charge in [-0.3, -0.25) is 4.79 Å². The minimum Gasteiger partial charge on any atom is -0.507 e. The Hall–Kier alpha value is -1.92. The van der Waals surface area contributed by atoms with Crippen molar-refractivity contribution < 1.29 is 31.9 Å². The molecule has 0 aliphatic carbocycles. The normalized spacial score (nSPS) is 13.5. The first-order valence-electron chi connectivity index (χ1n) is 4.61. The van der Waals surface area contributed by atoms with Crippen molar-refractivity contribution in [1.82, 2.24) is 0 Å². The van der Waals surface area contributed by atoms with E-state index in [9.17, 15) is 31.9 Å². The molecule has 98 valence electrons. The molecule has 7 heteroatoms. The Morgan fingerprint density at radius 2 is 1.56 bits per heavy atom. The molecule has 0 amide bonds. The van der Waals surface area contributed by atoms with E-state index in [1.165, 1.54) is 24.3 Å². The summed E-state index contributed by atoms with van der Waals surface area (Å²) in [4.78, 5) is 10.8. The highest BCUT2D eigenvalue weighted by atomic mass is 19.4. The fourth-order valence-electron chi connectivity index (χ4n) is 1.05. The number of aliphatic hydroxyl groups is 1. The van der Waals surface area contributed by atoms with Gasteiger partial charge >= 0.3 is 12.1 Å². The first-order chi connectivity index (χ1) is 8.16. The van der Waals surface area contributed by atoms with E-state index in [-0.39, 0.29) is 11.6 Å². The summed E-state index contributed by atoms with van der Waals surface area (Å²) in [6, 6.07) is 6.90. The number of allylic oxidation sites excluding steroid dienone is 1. The average Bonchev–Trinajstić information content (AvgIpc) is 2.28. The molecule has 2 nitrogen and oxygen atoms in total. The number of benzene rings is 1. The maximum Gasteiger partial charge on any atom is 0.461 e. The minimum absolute atomic E-state index is 0.0381. The summed E-state index contributed by atoms with van der Waals surface area (Å²) in [5.41, 5.74) is -0.0381. The lowest BCUT2D eigenvalue weighted by Crippen LogP contribution is -2.43. The van der Waals surface area contributed by atoms with Crippen molar-refractivity contribution in [2.45, 2.75) is 12.1 Å².